The molecule has 1 atom stereocenters. The zero-order valence-corrected chi connectivity index (χ0v) is 11.9. The molecule has 0 aromatic heterocycles. The minimum absolute atomic E-state index is 0.0714. The van der Waals surface area contributed by atoms with E-state index in [4.69, 9.17) is 4.74 Å². The van der Waals surface area contributed by atoms with Gasteiger partial charge in [-0.2, -0.15) is 0 Å². The molecule has 104 valence electrons. The van der Waals surface area contributed by atoms with Gasteiger partial charge in [0, 0.05) is 25.7 Å². The Morgan fingerprint density at radius 2 is 2.21 bits per heavy atom. The Labute approximate surface area is 115 Å². The van der Waals surface area contributed by atoms with E-state index in [0.717, 1.165) is 30.9 Å². The van der Waals surface area contributed by atoms with Crippen LogP contribution in [-0.2, 0) is 4.79 Å². The Morgan fingerprint density at radius 3 is 2.89 bits per heavy atom. The summed E-state index contributed by atoms with van der Waals surface area (Å²) >= 11 is 0. The number of carbonyl (C=O) groups excluding carboxylic acids is 1. The number of carbonyl (C=O) groups is 1. The molecule has 1 unspecified atom stereocenters. The van der Waals surface area contributed by atoms with Crippen LogP contribution in [0.15, 0.2) is 24.3 Å². The van der Waals surface area contributed by atoms with Gasteiger partial charge in [0.15, 0.2) is 6.61 Å². The lowest BCUT2D eigenvalue weighted by Crippen LogP contribution is -2.53. The maximum atomic E-state index is 12.2. The second-order valence-electron chi connectivity index (χ2n) is 5.30. The Hall–Kier alpha value is -1.55. The number of rotatable bonds is 3. The van der Waals surface area contributed by atoms with Crippen LogP contribution in [0.1, 0.15) is 12.5 Å². The molecule has 1 amide bonds. The maximum Gasteiger partial charge on any atom is 0.260 e. The number of ether oxygens (including phenoxy) is 1. The van der Waals surface area contributed by atoms with Gasteiger partial charge in [0.2, 0.25) is 0 Å². The van der Waals surface area contributed by atoms with Crippen molar-refractivity contribution in [3.63, 3.8) is 0 Å². The quantitative estimate of drug-likeness (QED) is 0.828. The van der Waals surface area contributed by atoms with Crippen LogP contribution in [0.3, 0.4) is 0 Å². The highest BCUT2D eigenvalue weighted by molar-refractivity contribution is 5.78. The van der Waals surface area contributed by atoms with Gasteiger partial charge in [-0.3, -0.25) is 4.79 Å². The van der Waals surface area contributed by atoms with E-state index in [9.17, 15) is 4.79 Å². The Morgan fingerprint density at radius 1 is 1.42 bits per heavy atom. The Bertz CT molecular complexity index is 448. The molecule has 2 rings (SSSR count). The summed E-state index contributed by atoms with van der Waals surface area (Å²) in [5.41, 5.74) is 1.14. The highest BCUT2D eigenvalue weighted by Crippen LogP contribution is 2.13. The zero-order chi connectivity index (χ0) is 13.8. The van der Waals surface area contributed by atoms with Crippen LogP contribution in [0.25, 0.3) is 0 Å². The van der Waals surface area contributed by atoms with E-state index in [0.29, 0.717) is 0 Å². The predicted molar refractivity (Wildman–Crippen MR) is 75.3 cm³/mol. The van der Waals surface area contributed by atoms with Gasteiger partial charge in [0.1, 0.15) is 5.75 Å². The molecule has 1 saturated heterocycles. The molecular weight excluding hydrogens is 240 g/mol. The summed E-state index contributed by atoms with van der Waals surface area (Å²) in [4.78, 5) is 16.3. The van der Waals surface area contributed by atoms with E-state index in [1.165, 1.54) is 0 Å². The maximum absolute atomic E-state index is 12.2. The number of amides is 1. The van der Waals surface area contributed by atoms with E-state index >= 15 is 0 Å². The van der Waals surface area contributed by atoms with Gasteiger partial charge >= 0.3 is 0 Å². The van der Waals surface area contributed by atoms with Crippen LogP contribution >= 0.6 is 0 Å². The first kappa shape index (κ1) is 13.9. The lowest BCUT2D eigenvalue weighted by Gasteiger charge is -2.38. The number of aryl methyl sites for hydroxylation is 1. The summed E-state index contributed by atoms with van der Waals surface area (Å²) in [6.45, 7) is 6.86. The van der Waals surface area contributed by atoms with E-state index in [-0.39, 0.29) is 18.6 Å². The highest BCUT2D eigenvalue weighted by atomic mass is 16.5. The van der Waals surface area contributed by atoms with Gasteiger partial charge in [-0.15, -0.1) is 0 Å². The first-order valence-electron chi connectivity index (χ1n) is 6.74. The fourth-order valence-electron chi connectivity index (χ4n) is 2.44. The van der Waals surface area contributed by atoms with Crippen molar-refractivity contribution in [2.75, 3.05) is 33.3 Å². The fraction of sp³-hybridized carbons (Fsp3) is 0.533. The fourth-order valence-corrected chi connectivity index (χ4v) is 2.44. The normalized spacial score (nSPS) is 20.4. The van der Waals surface area contributed by atoms with Crippen LogP contribution in [0.2, 0.25) is 0 Å². The molecule has 4 nitrogen and oxygen atoms in total. The van der Waals surface area contributed by atoms with Crippen molar-refractivity contribution in [1.29, 1.82) is 0 Å². The molecule has 1 aromatic carbocycles. The standard InChI is InChI=1S/C15H22N2O2/c1-12-5-4-6-14(9-12)19-11-15(18)17-8-7-16(3)10-13(17)2/h4-6,9,13H,7-8,10-11H2,1-3H3. The molecule has 0 N–H and O–H groups in total. The smallest absolute Gasteiger partial charge is 0.260 e. The third-order valence-corrected chi connectivity index (χ3v) is 3.50. The molecule has 0 saturated carbocycles. The summed E-state index contributed by atoms with van der Waals surface area (Å²) in [6.07, 6.45) is 0. The molecule has 1 heterocycles. The average molecular weight is 262 g/mol. The average Bonchev–Trinajstić information content (AvgIpc) is 2.36. The van der Waals surface area contributed by atoms with Crippen molar-refractivity contribution >= 4 is 5.91 Å². The van der Waals surface area contributed by atoms with Crippen LogP contribution in [-0.4, -0.2) is 55.0 Å². The number of likely N-dealkylation sites (N-methyl/N-ethyl adjacent to an activating group) is 1. The lowest BCUT2D eigenvalue weighted by molar-refractivity contribution is -0.137. The Balaban J connectivity index is 1.87. The zero-order valence-electron chi connectivity index (χ0n) is 11.9. The first-order chi connectivity index (χ1) is 9.06. The molecule has 1 aliphatic rings. The number of hydrogen-bond donors (Lipinski definition) is 0. The molecule has 0 radical (unpaired) electrons. The summed E-state index contributed by atoms with van der Waals surface area (Å²) in [5.74, 6) is 0.831. The highest BCUT2D eigenvalue weighted by Gasteiger charge is 2.25. The number of piperazine rings is 1. The third kappa shape index (κ3) is 3.70. The SMILES string of the molecule is Cc1cccc(OCC(=O)N2CCN(C)CC2C)c1. The molecule has 0 spiro atoms. The molecule has 1 aromatic rings. The summed E-state index contributed by atoms with van der Waals surface area (Å²) < 4.78 is 5.57. The van der Waals surface area contributed by atoms with Crippen molar-refractivity contribution in [3.8, 4) is 5.75 Å². The molecule has 1 aliphatic heterocycles. The molecule has 1 fully saturated rings. The molecule has 19 heavy (non-hydrogen) atoms. The van der Waals surface area contributed by atoms with Gasteiger partial charge < -0.3 is 14.5 Å². The van der Waals surface area contributed by atoms with Crippen molar-refractivity contribution in [2.45, 2.75) is 19.9 Å². The van der Waals surface area contributed by atoms with Crippen molar-refractivity contribution in [3.05, 3.63) is 29.8 Å². The van der Waals surface area contributed by atoms with Crippen LogP contribution in [0.4, 0.5) is 0 Å². The summed E-state index contributed by atoms with van der Waals surface area (Å²) in [6, 6.07) is 8.03. The van der Waals surface area contributed by atoms with Gasteiger partial charge in [0.25, 0.3) is 5.91 Å². The number of nitrogens with zero attached hydrogens (tertiary/aromatic N) is 2. The minimum Gasteiger partial charge on any atom is -0.484 e. The third-order valence-electron chi connectivity index (χ3n) is 3.50. The van der Waals surface area contributed by atoms with Crippen molar-refractivity contribution in [2.24, 2.45) is 0 Å². The van der Waals surface area contributed by atoms with E-state index < -0.39 is 0 Å². The van der Waals surface area contributed by atoms with Gasteiger partial charge in [0.05, 0.1) is 0 Å². The van der Waals surface area contributed by atoms with E-state index in [1.54, 1.807) is 0 Å². The molecule has 4 heteroatoms. The number of benzene rings is 1. The molecule has 0 bridgehead atoms. The monoisotopic (exact) mass is 262 g/mol. The largest absolute Gasteiger partial charge is 0.484 e. The van der Waals surface area contributed by atoms with Gasteiger partial charge in [-0.1, -0.05) is 12.1 Å². The second kappa shape index (κ2) is 6.06. The van der Waals surface area contributed by atoms with Crippen LogP contribution in [0, 0.1) is 6.92 Å². The summed E-state index contributed by atoms with van der Waals surface area (Å²) in [5, 5.41) is 0. The lowest BCUT2D eigenvalue weighted by atomic mass is 10.2. The van der Waals surface area contributed by atoms with E-state index in [1.807, 2.05) is 36.1 Å². The van der Waals surface area contributed by atoms with Gasteiger partial charge in [-0.25, -0.2) is 0 Å². The topological polar surface area (TPSA) is 32.8 Å². The first-order valence-corrected chi connectivity index (χ1v) is 6.74. The van der Waals surface area contributed by atoms with Crippen molar-refractivity contribution < 1.29 is 9.53 Å². The van der Waals surface area contributed by atoms with E-state index in [2.05, 4.69) is 18.9 Å². The van der Waals surface area contributed by atoms with Crippen molar-refractivity contribution in [1.82, 2.24) is 9.80 Å². The minimum atomic E-state index is 0.0714. The summed E-state index contributed by atoms with van der Waals surface area (Å²) in [7, 11) is 2.08. The molecular formula is C15H22N2O2. The van der Waals surface area contributed by atoms with Crippen LogP contribution in [0.5, 0.6) is 5.75 Å². The Kier molecular flexibility index (Phi) is 4.43. The van der Waals surface area contributed by atoms with Crippen LogP contribution < -0.4 is 4.74 Å². The van der Waals surface area contributed by atoms with Gasteiger partial charge in [-0.05, 0) is 38.6 Å². The predicted octanol–water partition coefficient (Wildman–Crippen LogP) is 1.54. The molecule has 0 aliphatic carbocycles. The number of hydrogen-bond acceptors (Lipinski definition) is 3. The second-order valence-corrected chi connectivity index (χ2v) is 5.30.